The van der Waals surface area contributed by atoms with Crippen molar-refractivity contribution in [3.8, 4) is 0 Å². The van der Waals surface area contributed by atoms with Gasteiger partial charge in [0, 0.05) is 23.5 Å². The lowest BCUT2D eigenvalue weighted by Crippen LogP contribution is -2.22. The predicted molar refractivity (Wildman–Crippen MR) is 94.3 cm³/mol. The Kier molecular flexibility index (Phi) is 6.88. The molecule has 0 amide bonds. The van der Waals surface area contributed by atoms with E-state index in [9.17, 15) is 22.4 Å². The lowest BCUT2D eigenvalue weighted by atomic mass is 9.90. The minimum absolute atomic E-state index is 0.239. The second-order valence-corrected chi connectivity index (χ2v) is 6.60. The molecule has 4 nitrogen and oxygen atoms in total. The summed E-state index contributed by atoms with van der Waals surface area (Å²) < 4.78 is 61.4. The number of nitrogens with zero attached hydrogens (tertiary/aromatic N) is 2. The number of hydrogen-bond donors (Lipinski definition) is 0. The molecule has 0 fully saturated rings. The van der Waals surface area contributed by atoms with Gasteiger partial charge in [0.1, 0.15) is 12.4 Å². The summed E-state index contributed by atoms with van der Waals surface area (Å²) in [4.78, 5) is 20.5. The van der Waals surface area contributed by atoms with Crippen LogP contribution in [0.15, 0.2) is 25.0 Å². The number of aromatic nitrogens is 2. The normalized spacial score (nSPS) is 12.1. The number of hydrogen-bond acceptors (Lipinski definition) is 4. The van der Waals surface area contributed by atoms with Gasteiger partial charge in [-0.2, -0.15) is 0 Å². The van der Waals surface area contributed by atoms with Crippen molar-refractivity contribution >= 4 is 5.97 Å². The molecule has 0 saturated heterocycles. The predicted octanol–water partition coefficient (Wildman–Crippen LogP) is 4.55. The van der Waals surface area contributed by atoms with Gasteiger partial charge in [0.25, 0.3) is 0 Å². The van der Waals surface area contributed by atoms with Crippen molar-refractivity contribution in [1.29, 1.82) is 0 Å². The Labute approximate surface area is 160 Å². The Morgan fingerprint density at radius 3 is 2.04 bits per heavy atom. The maximum atomic E-state index is 14.2. The molecule has 0 bridgehead atoms. The van der Waals surface area contributed by atoms with Gasteiger partial charge in [0.05, 0.1) is 11.5 Å². The van der Waals surface area contributed by atoms with Crippen LogP contribution in [0.4, 0.5) is 17.6 Å². The number of allylic oxidation sites excluding steroid dienone is 1. The number of carbonyl (C=O) groups excluding carboxylic acids is 1. The first kappa shape index (κ1) is 21.5. The highest BCUT2D eigenvalue weighted by atomic mass is 19.2. The molecule has 2 aromatic rings. The number of aryl methyl sites for hydroxylation is 1. The van der Waals surface area contributed by atoms with Gasteiger partial charge in [-0.3, -0.25) is 4.79 Å². The maximum absolute atomic E-state index is 14.2. The third kappa shape index (κ3) is 4.37. The fourth-order valence-electron chi connectivity index (χ4n) is 2.76. The fraction of sp³-hybridized carbons (Fsp3) is 0.350. The van der Waals surface area contributed by atoms with E-state index in [1.807, 2.05) is 0 Å². The zero-order chi connectivity index (χ0) is 21.0. The number of benzene rings is 1. The zero-order valence-electron chi connectivity index (χ0n) is 15.7. The lowest BCUT2D eigenvalue weighted by Gasteiger charge is -2.20. The average Bonchev–Trinajstić information content (AvgIpc) is 2.65. The second-order valence-electron chi connectivity index (χ2n) is 6.60. The molecule has 8 heteroatoms. The third-order valence-corrected chi connectivity index (χ3v) is 4.23. The van der Waals surface area contributed by atoms with E-state index in [0.29, 0.717) is 11.4 Å². The molecule has 0 spiro atoms. The standard InChI is InChI=1S/C20H20F4N2O2/c1-5-6-13-16(21)18(23)14(19(24)17(13)22)9-28-20(27)15(10(2)3)12-7-25-11(4)26-8-12/h5,7-8,10,15H,1,6,9H2,2-4H3. The van der Waals surface area contributed by atoms with Crippen molar-refractivity contribution in [2.45, 2.75) is 39.7 Å². The van der Waals surface area contributed by atoms with Crippen LogP contribution in [0.1, 0.15) is 42.3 Å². The van der Waals surface area contributed by atoms with E-state index in [4.69, 9.17) is 4.74 Å². The molecule has 1 heterocycles. The molecular weight excluding hydrogens is 376 g/mol. The van der Waals surface area contributed by atoms with Crippen LogP contribution in [-0.2, 0) is 22.6 Å². The average molecular weight is 396 g/mol. The number of esters is 1. The van der Waals surface area contributed by atoms with Crippen molar-refractivity contribution in [2.24, 2.45) is 5.92 Å². The molecule has 0 radical (unpaired) electrons. The van der Waals surface area contributed by atoms with Gasteiger partial charge in [-0.05, 0) is 19.3 Å². The quantitative estimate of drug-likeness (QED) is 0.298. The summed E-state index contributed by atoms with van der Waals surface area (Å²) in [5.74, 6) is -7.59. The zero-order valence-corrected chi connectivity index (χ0v) is 15.7. The summed E-state index contributed by atoms with van der Waals surface area (Å²) in [5, 5.41) is 0. The first-order valence-corrected chi connectivity index (χ1v) is 8.58. The molecule has 28 heavy (non-hydrogen) atoms. The molecule has 150 valence electrons. The molecule has 0 aliphatic rings. The first-order chi connectivity index (χ1) is 13.2. The largest absolute Gasteiger partial charge is 0.460 e. The second kappa shape index (κ2) is 8.95. The van der Waals surface area contributed by atoms with Gasteiger partial charge in [-0.1, -0.05) is 19.9 Å². The smallest absolute Gasteiger partial charge is 0.314 e. The highest BCUT2D eigenvalue weighted by Crippen LogP contribution is 2.28. The van der Waals surface area contributed by atoms with Gasteiger partial charge in [-0.15, -0.1) is 6.58 Å². The summed E-state index contributed by atoms with van der Waals surface area (Å²) in [6.45, 7) is 7.51. The van der Waals surface area contributed by atoms with Gasteiger partial charge in [0.15, 0.2) is 23.3 Å². The molecule has 1 aromatic carbocycles. The molecule has 0 N–H and O–H groups in total. The molecule has 1 aromatic heterocycles. The highest BCUT2D eigenvalue weighted by Gasteiger charge is 2.29. The van der Waals surface area contributed by atoms with Crippen LogP contribution in [0.2, 0.25) is 0 Å². The van der Waals surface area contributed by atoms with Crippen LogP contribution in [0, 0.1) is 36.1 Å². The number of rotatable bonds is 7. The Bertz CT molecular complexity index is 854. The Morgan fingerprint density at radius 2 is 1.57 bits per heavy atom. The SMILES string of the molecule is C=CCc1c(F)c(F)c(COC(=O)C(c2cnc(C)nc2)C(C)C)c(F)c1F. The number of ether oxygens (including phenoxy) is 1. The topological polar surface area (TPSA) is 52.1 Å². The summed E-state index contributed by atoms with van der Waals surface area (Å²) in [6, 6.07) is 0. The summed E-state index contributed by atoms with van der Waals surface area (Å²) in [6.07, 6.45) is 3.66. The Hall–Kier alpha value is -2.77. The van der Waals surface area contributed by atoms with Crippen molar-refractivity contribution in [3.63, 3.8) is 0 Å². The molecule has 2 rings (SSSR count). The lowest BCUT2D eigenvalue weighted by molar-refractivity contribution is -0.148. The summed E-state index contributed by atoms with van der Waals surface area (Å²) >= 11 is 0. The van der Waals surface area contributed by atoms with Crippen LogP contribution >= 0.6 is 0 Å². The number of halogens is 4. The van der Waals surface area contributed by atoms with Crippen LogP contribution < -0.4 is 0 Å². The molecule has 0 aliphatic heterocycles. The third-order valence-electron chi connectivity index (χ3n) is 4.23. The van der Waals surface area contributed by atoms with Crippen LogP contribution in [0.25, 0.3) is 0 Å². The van der Waals surface area contributed by atoms with Crippen molar-refractivity contribution in [3.05, 3.63) is 70.8 Å². The van der Waals surface area contributed by atoms with Crippen molar-refractivity contribution in [1.82, 2.24) is 9.97 Å². The molecule has 0 saturated carbocycles. The minimum Gasteiger partial charge on any atom is -0.460 e. The Balaban J connectivity index is 2.28. The minimum atomic E-state index is -1.59. The Morgan fingerprint density at radius 1 is 1.07 bits per heavy atom. The van der Waals surface area contributed by atoms with Crippen molar-refractivity contribution in [2.75, 3.05) is 0 Å². The van der Waals surface area contributed by atoms with E-state index >= 15 is 0 Å². The summed E-state index contributed by atoms with van der Waals surface area (Å²) in [7, 11) is 0. The van der Waals surface area contributed by atoms with E-state index in [1.165, 1.54) is 12.4 Å². The fourth-order valence-corrected chi connectivity index (χ4v) is 2.76. The molecule has 1 atom stereocenters. The van der Waals surface area contributed by atoms with Gasteiger partial charge >= 0.3 is 5.97 Å². The van der Waals surface area contributed by atoms with E-state index < -0.39 is 52.9 Å². The van der Waals surface area contributed by atoms with Crippen LogP contribution in [0.3, 0.4) is 0 Å². The summed E-state index contributed by atoms with van der Waals surface area (Å²) in [5.41, 5.74) is -1.29. The van der Waals surface area contributed by atoms with E-state index in [2.05, 4.69) is 16.5 Å². The van der Waals surface area contributed by atoms with Crippen molar-refractivity contribution < 1.29 is 27.1 Å². The first-order valence-electron chi connectivity index (χ1n) is 8.58. The van der Waals surface area contributed by atoms with Crippen LogP contribution in [0.5, 0.6) is 0 Å². The van der Waals surface area contributed by atoms with E-state index in [0.717, 1.165) is 6.08 Å². The van der Waals surface area contributed by atoms with Gasteiger partial charge in [-0.25, -0.2) is 27.5 Å². The van der Waals surface area contributed by atoms with Gasteiger partial charge < -0.3 is 4.74 Å². The van der Waals surface area contributed by atoms with Crippen LogP contribution in [-0.4, -0.2) is 15.9 Å². The monoisotopic (exact) mass is 396 g/mol. The van der Waals surface area contributed by atoms with Gasteiger partial charge in [0.2, 0.25) is 0 Å². The van der Waals surface area contributed by atoms with E-state index in [-0.39, 0.29) is 12.3 Å². The molecule has 0 aliphatic carbocycles. The van der Waals surface area contributed by atoms with E-state index in [1.54, 1.807) is 20.8 Å². The number of carbonyl (C=O) groups is 1. The maximum Gasteiger partial charge on any atom is 0.314 e. The molecular formula is C20H20F4N2O2. The molecule has 1 unspecified atom stereocenters. The highest BCUT2D eigenvalue weighted by molar-refractivity contribution is 5.78.